The quantitative estimate of drug-likeness (QED) is 0.927. The average molecular weight is 285 g/mol. The third-order valence-electron chi connectivity index (χ3n) is 3.07. The van der Waals surface area contributed by atoms with E-state index in [0.29, 0.717) is 12.0 Å². The SMILES string of the molecule is Cc1nc(N[C@H](C)[C@@H]2CCOC2)ccc1Br. The van der Waals surface area contributed by atoms with Gasteiger partial charge in [0.1, 0.15) is 5.82 Å². The van der Waals surface area contributed by atoms with Gasteiger partial charge in [0, 0.05) is 23.0 Å². The molecule has 0 aliphatic carbocycles. The molecule has 0 spiro atoms. The van der Waals surface area contributed by atoms with Gasteiger partial charge in [-0.15, -0.1) is 0 Å². The molecule has 1 fully saturated rings. The predicted molar refractivity (Wildman–Crippen MR) is 68.7 cm³/mol. The molecule has 0 radical (unpaired) electrons. The highest BCUT2D eigenvalue weighted by Crippen LogP contribution is 2.21. The summed E-state index contributed by atoms with van der Waals surface area (Å²) in [4.78, 5) is 4.49. The Morgan fingerprint density at radius 2 is 2.38 bits per heavy atom. The molecular formula is C12H17BrN2O. The second-order valence-electron chi connectivity index (χ2n) is 4.32. The van der Waals surface area contributed by atoms with Crippen molar-refractivity contribution >= 4 is 21.7 Å². The lowest BCUT2D eigenvalue weighted by molar-refractivity contribution is 0.183. The van der Waals surface area contributed by atoms with E-state index < -0.39 is 0 Å². The Kier molecular flexibility index (Phi) is 3.82. The van der Waals surface area contributed by atoms with Crippen molar-refractivity contribution in [2.75, 3.05) is 18.5 Å². The molecule has 2 heterocycles. The molecule has 1 aromatic rings. The first-order chi connectivity index (χ1) is 7.66. The number of aryl methyl sites for hydroxylation is 1. The summed E-state index contributed by atoms with van der Waals surface area (Å²) in [6.07, 6.45) is 1.14. The Morgan fingerprint density at radius 1 is 1.56 bits per heavy atom. The van der Waals surface area contributed by atoms with Crippen LogP contribution in [0.1, 0.15) is 19.0 Å². The van der Waals surface area contributed by atoms with E-state index >= 15 is 0 Å². The Bertz CT molecular complexity index is 364. The summed E-state index contributed by atoms with van der Waals surface area (Å²) in [7, 11) is 0. The van der Waals surface area contributed by atoms with Gasteiger partial charge >= 0.3 is 0 Å². The monoisotopic (exact) mass is 284 g/mol. The van der Waals surface area contributed by atoms with Crippen LogP contribution in [0.25, 0.3) is 0 Å². The molecule has 1 saturated heterocycles. The number of nitrogens with zero attached hydrogens (tertiary/aromatic N) is 1. The Balaban J connectivity index is 1.99. The summed E-state index contributed by atoms with van der Waals surface area (Å²) in [5, 5.41) is 3.44. The molecule has 4 heteroatoms. The van der Waals surface area contributed by atoms with E-state index in [9.17, 15) is 0 Å². The molecule has 1 aliphatic rings. The summed E-state index contributed by atoms with van der Waals surface area (Å²) >= 11 is 3.45. The molecule has 1 aliphatic heterocycles. The van der Waals surface area contributed by atoms with Crippen molar-refractivity contribution in [1.82, 2.24) is 4.98 Å². The highest BCUT2D eigenvalue weighted by Gasteiger charge is 2.22. The van der Waals surface area contributed by atoms with Crippen LogP contribution in [0.2, 0.25) is 0 Å². The van der Waals surface area contributed by atoms with Gasteiger partial charge < -0.3 is 10.1 Å². The first kappa shape index (κ1) is 11.9. The van der Waals surface area contributed by atoms with Crippen molar-refractivity contribution in [2.45, 2.75) is 26.3 Å². The van der Waals surface area contributed by atoms with Gasteiger partial charge in [0.05, 0.1) is 12.3 Å². The molecule has 0 amide bonds. The van der Waals surface area contributed by atoms with Crippen molar-refractivity contribution in [2.24, 2.45) is 5.92 Å². The number of rotatable bonds is 3. The fraction of sp³-hybridized carbons (Fsp3) is 0.583. The lowest BCUT2D eigenvalue weighted by Gasteiger charge is -2.20. The van der Waals surface area contributed by atoms with Crippen LogP contribution in [-0.2, 0) is 4.74 Å². The fourth-order valence-corrected chi connectivity index (χ4v) is 2.14. The van der Waals surface area contributed by atoms with Gasteiger partial charge in [0.15, 0.2) is 0 Å². The molecule has 88 valence electrons. The average Bonchev–Trinajstić information content (AvgIpc) is 2.77. The molecule has 16 heavy (non-hydrogen) atoms. The highest BCUT2D eigenvalue weighted by molar-refractivity contribution is 9.10. The number of pyridine rings is 1. The maximum atomic E-state index is 5.39. The van der Waals surface area contributed by atoms with Gasteiger partial charge in [-0.1, -0.05) is 0 Å². The molecular weight excluding hydrogens is 268 g/mol. The van der Waals surface area contributed by atoms with Gasteiger partial charge in [0.25, 0.3) is 0 Å². The lowest BCUT2D eigenvalue weighted by Crippen LogP contribution is -2.26. The summed E-state index contributed by atoms with van der Waals surface area (Å²) in [6, 6.07) is 4.45. The number of ether oxygens (including phenoxy) is 1. The molecule has 2 atom stereocenters. The smallest absolute Gasteiger partial charge is 0.126 e. The van der Waals surface area contributed by atoms with Gasteiger partial charge in [-0.25, -0.2) is 4.98 Å². The minimum Gasteiger partial charge on any atom is -0.381 e. The summed E-state index contributed by atoms with van der Waals surface area (Å²) in [5.74, 6) is 1.55. The lowest BCUT2D eigenvalue weighted by atomic mass is 10.0. The molecule has 0 saturated carbocycles. The van der Waals surface area contributed by atoms with Crippen LogP contribution >= 0.6 is 15.9 Å². The van der Waals surface area contributed by atoms with E-state index in [-0.39, 0.29) is 0 Å². The van der Waals surface area contributed by atoms with Gasteiger partial charge in [-0.2, -0.15) is 0 Å². The van der Waals surface area contributed by atoms with E-state index in [4.69, 9.17) is 4.74 Å². The number of anilines is 1. The number of nitrogens with one attached hydrogen (secondary N) is 1. The van der Waals surface area contributed by atoms with Crippen LogP contribution in [0.4, 0.5) is 5.82 Å². The van der Waals surface area contributed by atoms with Crippen LogP contribution in [0.15, 0.2) is 16.6 Å². The summed E-state index contributed by atoms with van der Waals surface area (Å²) in [6.45, 7) is 5.95. The molecule has 3 nitrogen and oxygen atoms in total. The normalized spacial score (nSPS) is 22.1. The van der Waals surface area contributed by atoms with Crippen LogP contribution in [-0.4, -0.2) is 24.2 Å². The van der Waals surface area contributed by atoms with E-state index in [1.165, 1.54) is 0 Å². The molecule has 1 aromatic heterocycles. The molecule has 0 aromatic carbocycles. The molecule has 2 rings (SSSR count). The minimum atomic E-state index is 0.413. The highest BCUT2D eigenvalue weighted by atomic mass is 79.9. The third-order valence-corrected chi connectivity index (χ3v) is 3.91. The molecule has 1 N–H and O–H groups in total. The Hall–Kier alpha value is -0.610. The Morgan fingerprint density at radius 3 is 3.00 bits per heavy atom. The maximum Gasteiger partial charge on any atom is 0.126 e. The molecule has 0 unspecified atom stereocenters. The van der Waals surface area contributed by atoms with Crippen molar-refractivity contribution in [1.29, 1.82) is 0 Å². The second kappa shape index (κ2) is 5.15. The summed E-state index contributed by atoms with van der Waals surface area (Å²) < 4.78 is 6.44. The zero-order valence-electron chi connectivity index (χ0n) is 9.66. The predicted octanol–water partition coefficient (Wildman–Crippen LogP) is 2.99. The first-order valence-electron chi connectivity index (χ1n) is 5.64. The number of hydrogen-bond acceptors (Lipinski definition) is 3. The van der Waals surface area contributed by atoms with Crippen LogP contribution in [0, 0.1) is 12.8 Å². The summed E-state index contributed by atoms with van der Waals surface area (Å²) in [5.41, 5.74) is 1.01. The van der Waals surface area contributed by atoms with Crippen LogP contribution in [0.5, 0.6) is 0 Å². The van der Waals surface area contributed by atoms with Crippen LogP contribution < -0.4 is 5.32 Å². The van der Waals surface area contributed by atoms with Crippen molar-refractivity contribution in [3.05, 3.63) is 22.3 Å². The zero-order chi connectivity index (χ0) is 11.5. The third kappa shape index (κ3) is 2.74. The van der Waals surface area contributed by atoms with Crippen molar-refractivity contribution in [3.8, 4) is 0 Å². The molecule has 0 bridgehead atoms. The fourth-order valence-electron chi connectivity index (χ4n) is 1.92. The van der Waals surface area contributed by atoms with E-state index in [1.54, 1.807) is 0 Å². The van der Waals surface area contributed by atoms with Gasteiger partial charge in [-0.3, -0.25) is 0 Å². The van der Waals surface area contributed by atoms with Crippen molar-refractivity contribution in [3.63, 3.8) is 0 Å². The number of aromatic nitrogens is 1. The first-order valence-corrected chi connectivity index (χ1v) is 6.43. The van der Waals surface area contributed by atoms with Crippen LogP contribution in [0.3, 0.4) is 0 Å². The second-order valence-corrected chi connectivity index (χ2v) is 5.17. The zero-order valence-corrected chi connectivity index (χ0v) is 11.3. The Labute approximate surface area is 105 Å². The largest absolute Gasteiger partial charge is 0.381 e. The number of halogens is 1. The topological polar surface area (TPSA) is 34.2 Å². The minimum absolute atomic E-state index is 0.413. The van der Waals surface area contributed by atoms with E-state index in [1.807, 2.05) is 19.1 Å². The van der Waals surface area contributed by atoms with Crippen molar-refractivity contribution < 1.29 is 4.74 Å². The van der Waals surface area contributed by atoms with Gasteiger partial charge in [-0.05, 0) is 48.3 Å². The van der Waals surface area contributed by atoms with E-state index in [2.05, 4.69) is 33.2 Å². The maximum absolute atomic E-state index is 5.39. The number of hydrogen-bond donors (Lipinski definition) is 1. The standard InChI is InChI=1S/C12H17BrN2O/c1-8(10-5-6-16-7-10)14-12-4-3-11(13)9(2)15-12/h3-4,8,10H,5-7H2,1-2H3,(H,14,15)/t8-,10-/m1/s1. The van der Waals surface area contributed by atoms with E-state index in [0.717, 1.165) is 35.6 Å². The van der Waals surface area contributed by atoms with Gasteiger partial charge in [0.2, 0.25) is 0 Å².